The van der Waals surface area contributed by atoms with Crippen LogP contribution in [0.3, 0.4) is 0 Å². The molecule has 0 amide bonds. The lowest BCUT2D eigenvalue weighted by Gasteiger charge is -2.29. The molecule has 1 aliphatic rings. The van der Waals surface area contributed by atoms with E-state index in [1.54, 1.807) is 0 Å². The topological polar surface area (TPSA) is 32.3 Å². The average molecular weight is 183 g/mol. The average Bonchev–Trinajstić information content (AvgIpc) is 2.03. The molecule has 1 atom stereocenters. The van der Waals surface area contributed by atoms with E-state index in [1.165, 1.54) is 6.42 Å². The maximum atomic E-state index is 8.90. The highest BCUT2D eigenvalue weighted by Crippen LogP contribution is 2.23. The van der Waals surface area contributed by atoms with E-state index in [1.807, 2.05) is 0 Å². The van der Waals surface area contributed by atoms with Gasteiger partial charge in [-0.15, -0.1) is 0 Å². The summed E-state index contributed by atoms with van der Waals surface area (Å²) < 4.78 is 0. The zero-order chi connectivity index (χ0) is 9.90. The third-order valence-corrected chi connectivity index (χ3v) is 2.37. The smallest absolute Gasteiger partial charge is 0.0654 e. The quantitative estimate of drug-likeness (QED) is 0.639. The molecule has 0 aliphatic carbocycles. The second-order valence-electron chi connectivity index (χ2n) is 5.10. The summed E-state index contributed by atoms with van der Waals surface area (Å²) >= 11 is 0. The van der Waals surface area contributed by atoms with E-state index in [0.29, 0.717) is 11.5 Å². The van der Waals surface area contributed by atoms with Crippen LogP contribution in [-0.2, 0) is 0 Å². The van der Waals surface area contributed by atoms with Crippen LogP contribution >= 0.6 is 0 Å². The summed E-state index contributed by atoms with van der Waals surface area (Å²) in [4.78, 5) is 0. The van der Waals surface area contributed by atoms with Gasteiger partial charge < -0.3 is 10.4 Å². The molecule has 0 aromatic rings. The van der Waals surface area contributed by atoms with E-state index >= 15 is 0 Å². The Morgan fingerprint density at radius 2 is 2.23 bits per heavy atom. The van der Waals surface area contributed by atoms with Crippen LogP contribution in [0.25, 0.3) is 0 Å². The SMILES string of the molecule is CC(C)(C)CC1CC=C(CO)CN1. The van der Waals surface area contributed by atoms with Crippen molar-refractivity contribution in [3.05, 3.63) is 11.6 Å². The van der Waals surface area contributed by atoms with Gasteiger partial charge in [0.1, 0.15) is 0 Å². The lowest BCUT2D eigenvalue weighted by Crippen LogP contribution is -2.37. The summed E-state index contributed by atoms with van der Waals surface area (Å²) in [5.41, 5.74) is 1.52. The molecule has 1 aliphatic heterocycles. The monoisotopic (exact) mass is 183 g/mol. The number of hydrogen-bond acceptors (Lipinski definition) is 2. The summed E-state index contributed by atoms with van der Waals surface area (Å²) in [7, 11) is 0. The van der Waals surface area contributed by atoms with Gasteiger partial charge in [-0.25, -0.2) is 0 Å². The molecule has 2 N–H and O–H groups in total. The van der Waals surface area contributed by atoms with Gasteiger partial charge in [-0.2, -0.15) is 0 Å². The Kier molecular flexibility index (Phi) is 3.51. The fourth-order valence-electron chi connectivity index (χ4n) is 1.76. The van der Waals surface area contributed by atoms with Gasteiger partial charge in [0.2, 0.25) is 0 Å². The molecule has 0 saturated carbocycles. The van der Waals surface area contributed by atoms with Gasteiger partial charge in [-0.05, 0) is 23.8 Å². The first kappa shape index (κ1) is 10.7. The molecule has 0 saturated heterocycles. The Labute approximate surface area is 81.0 Å². The first-order valence-corrected chi connectivity index (χ1v) is 5.03. The van der Waals surface area contributed by atoms with Crippen LogP contribution in [0.15, 0.2) is 11.6 Å². The summed E-state index contributed by atoms with van der Waals surface area (Å²) in [6.07, 6.45) is 4.43. The van der Waals surface area contributed by atoms with Gasteiger partial charge in [0.15, 0.2) is 0 Å². The van der Waals surface area contributed by atoms with E-state index in [9.17, 15) is 0 Å². The minimum Gasteiger partial charge on any atom is -0.392 e. The van der Waals surface area contributed by atoms with E-state index in [4.69, 9.17) is 5.11 Å². The van der Waals surface area contributed by atoms with Crippen molar-refractivity contribution < 1.29 is 5.11 Å². The molecule has 1 unspecified atom stereocenters. The number of aliphatic hydroxyl groups excluding tert-OH is 1. The zero-order valence-electron chi connectivity index (χ0n) is 8.93. The van der Waals surface area contributed by atoms with Crippen molar-refractivity contribution in [2.45, 2.75) is 39.7 Å². The fraction of sp³-hybridized carbons (Fsp3) is 0.818. The summed E-state index contributed by atoms with van der Waals surface area (Å²) in [6.45, 7) is 7.85. The summed E-state index contributed by atoms with van der Waals surface area (Å²) in [5.74, 6) is 0. The first-order valence-electron chi connectivity index (χ1n) is 5.03. The Bertz CT molecular complexity index is 191. The van der Waals surface area contributed by atoms with Crippen LogP contribution < -0.4 is 5.32 Å². The molecule has 76 valence electrons. The third-order valence-electron chi connectivity index (χ3n) is 2.37. The molecule has 0 bridgehead atoms. The Hall–Kier alpha value is -0.340. The Balaban J connectivity index is 2.38. The first-order chi connectivity index (χ1) is 6.01. The van der Waals surface area contributed by atoms with Crippen molar-refractivity contribution in [1.29, 1.82) is 0 Å². The van der Waals surface area contributed by atoms with Gasteiger partial charge >= 0.3 is 0 Å². The highest BCUT2D eigenvalue weighted by atomic mass is 16.3. The lowest BCUT2D eigenvalue weighted by atomic mass is 9.86. The summed E-state index contributed by atoms with van der Waals surface area (Å²) in [6, 6.07) is 0.593. The van der Waals surface area contributed by atoms with Gasteiger partial charge in [0, 0.05) is 12.6 Å². The molecular formula is C11H21NO. The van der Waals surface area contributed by atoms with Crippen LogP contribution in [0.5, 0.6) is 0 Å². The second kappa shape index (κ2) is 4.25. The fourth-order valence-corrected chi connectivity index (χ4v) is 1.76. The lowest BCUT2D eigenvalue weighted by molar-refractivity contribution is 0.291. The molecule has 2 heteroatoms. The highest BCUT2D eigenvalue weighted by molar-refractivity contribution is 5.09. The predicted octanol–water partition coefficient (Wildman–Crippen LogP) is 1.70. The number of hydrogen-bond donors (Lipinski definition) is 2. The van der Waals surface area contributed by atoms with Crippen LogP contribution in [-0.4, -0.2) is 24.3 Å². The van der Waals surface area contributed by atoms with Crippen LogP contribution in [0, 0.1) is 5.41 Å². The molecule has 0 radical (unpaired) electrons. The van der Waals surface area contributed by atoms with Gasteiger partial charge in [0.05, 0.1) is 6.61 Å². The molecular weight excluding hydrogens is 162 g/mol. The van der Waals surface area contributed by atoms with E-state index in [2.05, 4.69) is 32.2 Å². The molecule has 1 heterocycles. The molecule has 1 rings (SSSR count). The Morgan fingerprint density at radius 1 is 1.54 bits per heavy atom. The number of rotatable bonds is 2. The minimum absolute atomic E-state index is 0.204. The molecule has 0 aromatic carbocycles. The van der Waals surface area contributed by atoms with Crippen LogP contribution in [0.4, 0.5) is 0 Å². The standard InChI is InChI=1S/C11H21NO/c1-11(2,3)6-10-5-4-9(8-13)7-12-10/h4,10,12-13H,5-8H2,1-3H3. The van der Waals surface area contributed by atoms with Crippen molar-refractivity contribution in [3.63, 3.8) is 0 Å². The normalized spacial score (nSPS) is 24.3. The van der Waals surface area contributed by atoms with E-state index < -0.39 is 0 Å². The van der Waals surface area contributed by atoms with Crippen LogP contribution in [0.2, 0.25) is 0 Å². The predicted molar refractivity (Wildman–Crippen MR) is 55.6 cm³/mol. The highest BCUT2D eigenvalue weighted by Gasteiger charge is 2.19. The van der Waals surface area contributed by atoms with Crippen molar-refractivity contribution in [1.82, 2.24) is 5.32 Å². The Morgan fingerprint density at radius 3 is 2.62 bits per heavy atom. The minimum atomic E-state index is 0.204. The second-order valence-corrected chi connectivity index (χ2v) is 5.10. The van der Waals surface area contributed by atoms with Crippen molar-refractivity contribution in [2.75, 3.05) is 13.2 Å². The molecule has 0 fully saturated rings. The van der Waals surface area contributed by atoms with Crippen molar-refractivity contribution in [2.24, 2.45) is 5.41 Å². The third kappa shape index (κ3) is 3.92. The van der Waals surface area contributed by atoms with Gasteiger partial charge in [0.25, 0.3) is 0 Å². The van der Waals surface area contributed by atoms with Gasteiger partial charge in [-0.1, -0.05) is 26.8 Å². The maximum absolute atomic E-state index is 8.90. The van der Waals surface area contributed by atoms with Crippen molar-refractivity contribution >= 4 is 0 Å². The number of aliphatic hydroxyl groups is 1. The molecule has 0 spiro atoms. The van der Waals surface area contributed by atoms with Crippen molar-refractivity contribution in [3.8, 4) is 0 Å². The largest absolute Gasteiger partial charge is 0.392 e. The summed E-state index contributed by atoms with van der Waals surface area (Å²) in [5, 5.41) is 12.3. The zero-order valence-corrected chi connectivity index (χ0v) is 8.93. The van der Waals surface area contributed by atoms with E-state index in [-0.39, 0.29) is 6.61 Å². The van der Waals surface area contributed by atoms with Gasteiger partial charge in [-0.3, -0.25) is 0 Å². The molecule has 2 nitrogen and oxygen atoms in total. The maximum Gasteiger partial charge on any atom is 0.0654 e. The van der Waals surface area contributed by atoms with E-state index in [0.717, 1.165) is 18.5 Å². The molecule has 0 aromatic heterocycles. The molecule has 13 heavy (non-hydrogen) atoms. The van der Waals surface area contributed by atoms with Crippen LogP contribution in [0.1, 0.15) is 33.6 Å². The number of nitrogens with one attached hydrogen (secondary N) is 1.